The Morgan fingerprint density at radius 1 is 1.07 bits per heavy atom. The van der Waals surface area contributed by atoms with Gasteiger partial charge in [-0.1, -0.05) is 23.2 Å². The van der Waals surface area contributed by atoms with Crippen molar-refractivity contribution in [1.29, 1.82) is 0 Å². The maximum Gasteiger partial charge on any atom is 0.268 e. The van der Waals surface area contributed by atoms with E-state index in [0.717, 1.165) is 11.3 Å². The number of anilines is 2. The molecule has 0 aliphatic heterocycles. The topological polar surface area (TPSA) is 94.8 Å². The second-order valence-electron chi connectivity index (χ2n) is 5.68. The SMILES string of the molecule is COc1ccc(N(C(=O)c2ccc(Cl)cc2Cl)c2nc(C(N)=O)cs2)cc1OC. The average Bonchev–Trinajstić information content (AvgIpc) is 3.18. The molecule has 3 rings (SSSR count). The van der Waals surface area contributed by atoms with Gasteiger partial charge in [0.25, 0.3) is 11.8 Å². The van der Waals surface area contributed by atoms with Crippen LogP contribution in [-0.2, 0) is 0 Å². The number of carbonyl (C=O) groups is 2. The predicted octanol–water partition coefficient (Wildman–Crippen LogP) is 4.54. The number of methoxy groups -OCH3 is 2. The molecule has 0 aliphatic rings. The number of nitrogens with two attached hydrogens (primary N) is 1. The molecule has 3 aromatic rings. The first-order valence-corrected chi connectivity index (χ1v) is 9.76. The third kappa shape index (κ3) is 4.29. The molecule has 150 valence electrons. The lowest BCUT2D eigenvalue weighted by Gasteiger charge is -2.22. The Bertz CT molecular complexity index is 1090. The maximum absolute atomic E-state index is 13.4. The summed E-state index contributed by atoms with van der Waals surface area (Å²) >= 11 is 13.3. The van der Waals surface area contributed by atoms with Gasteiger partial charge in [-0.25, -0.2) is 4.98 Å². The van der Waals surface area contributed by atoms with Crippen molar-refractivity contribution < 1.29 is 19.1 Å². The van der Waals surface area contributed by atoms with E-state index in [1.54, 1.807) is 24.3 Å². The molecule has 1 heterocycles. The Kier molecular flexibility index (Phi) is 6.26. The Morgan fingerprint density at radius 3 is 2.38 bits per heavy atom. The first-order chi connectivity index (χ1) is 13.8. The van der Waals surface area contributed by atoms with Gasteiger partial charge in [0.1, 0.15) is 5.69 Å². The molecule has 7 nitrogen and oxygen atoms in total. The van der Waals surface area contributed by atoms with E-state index in [9.17, 15) is 9.59 Å². The van der Waals surface area contributed by atoms with Crippen molar-refractivity contribution in [2.24, 2.45) is 5.73 Å². The lowest BCUT2D eigenvalue weighted by Crippen LogP contribution is -2.26. The summed E-state index contributed by atoms with van der Waals surface area (Å²) in [5, 5.41) is 2.29. The van der Waals surface area contributed by atoms with E-state index in [0.29, 0.717) is 22.2 Å². The number of primary amides is 1. The van der Waals surface area contributed by atoms with Gasteiger partial charge in [0.05, 0.1) is 30.5 Å². The van der Waals surface area contributed by atoms with Crippen LogP contribution in [0.15, 0.2) is 41.8 Å². The molecule has 2 N–H and O–H groups in total. The van der Waals surface area contributed by atoms with E-state index in [1.165, 1.54) is 36.6 Å². The van der Waals surface area contributed by atoms with Crippen molar-refractivity contribution >= 4 is 57.2 Å². The highest BCUT2D eigenvalue weighted by atomic mass is 35.5. The second kappa shape index (κ2) is 8.69. The molecule has 0 unspecified atom stereocenters. The summed E-state index contributed by atoms with van der Waals surface area (Å²) in [4.78, 5) is 30.4. The Labute approximate surface area is 180 Å². The van der Waals surface area contributed by atoms with Crippen LogP contribution in [0.2, 0.25) is 10.0 Å². The Balaban J connectivity index is 2.16. The molecule has 0 spiro atoms. The van der Waals surface area contributed by atoms with E-state index in [1.807, 2.05) is 0 Å². The number of thiazole rings is 1. The minimum absolute atomic E-state index is 0.0467. The molecule has 0 aliphatic carbocycles. The van der Waals surface area contributed by atoms with Crippen LogP contribution >= 0.6 is 34.5 Å². The zero-order chi connectivity index (χ0) is 21.1. The van der Waals surface area contributed by atoms with Crippen molar-refractivity contribution in [1.82, 2.24) is 4.98 Å². The van der Waals surface area contributed by atoms with E-state index in [2.05, 4.69) is 4.98 Å². The highest BCUT2D eigenvalue weighted by molar-refractivity contribution is 7.14. The average molecular weight is 452 g/mol. The van der Waals surface area contributed by atoms with Crippen molar-refractivity contribution in [3.63, 3.8) is 0 Å². The van der Waals surface area contributed by atoms with Gasteiger partial charge < -0.3 is 15.2 Å². The lowest BCUT2D eigenvalue weighted by molar-refractivity contribution is 0.0986. The van der Waals surface area contributed by atoms with E-state index >= 15 is 0 Å². The van der Waals surface area contributed by atoms with Crippen LogP contribution < -0.4 is 20.1 Å². The number of amides is 2. The number of nitrogens with zero attached hydrogens (tertiary/aromatic N) is 2. The summed E-state index contributed by atoms with van der Waals surface area (Å²) in [7, 11) is 2.99. The smallest absolute Gasteiger partial charge is 0.268 e. The summed E-state index contributed by atoms with van der Waals surface area (Å²) in [5.74, 6) is -0.261. The van der Waals surface area contributed by atoms with Gasteiger partial charge in [0.15, 0.2) is 16.6 Å². The van der Waals surface area contributed by atoms with Crippen molar-refractivity contribution in [3.05, 3.63) is 63.1 Å². The van der Waals surface area contributed by atoms with Gasteiger partial charge >= 0.3 is 0 Å². The fraction of sp³-hybridized carbons (Fsp3) is 0.105. The van der Waals surface area contributed by atoms with Gasteiger partial charge in [0.2, 0.25) is 0 Å². The zero-order valence-electron chi connectivity index (χ0n) is 15.3. The van der Waals surface area contributed by atoms with Crippen LogP contribution in [0, 0.1) is 0 Å². The fourth-order valence-electron chi connectivity index (χ4n) is 2.54. The molecule has 29 heavy (non-hydrogen) atoms. The Morgan fingerprint density at radius 2 is 1.79 bits per heavy atom. The van der Waals surface area contributed by atoms with Crippen LogP contribution in [0.5, 0.6) is 11.5 Å². The van der Waals surface area contributed by atoms with Crippen LogP contribution in [0.1, 0.15) is 20.8 Å². The molecule has 0 radical (unpaired) electrons. The minimum atomic E-state index is -0.697. The van der Waals surface area contributed by atoms with Crippen LogP contribution in [0.3, 0.4) is 0 Å². The summed E-state index contributed by atoms with van der Waals surface area (Å²) in [6.45, 7) is 0. The van der Waals surface area contributed by atoms with Crippen molar-refractivity contribution in [2.75, 3.05) is 19.1 Å². The first kappa shape index (κ1) is 20.9. The molecule has 1 aromatic heterocycles. The van der Waals surface area contributed by atoms with E-state index < -0.39 is 11.8 Å². The highest BCUT2D eigenvalue weighted by Gasteiger charge is 2.26. The summed E-state index contributed by atoms with van der Waals surface area (Å²) in [5.41, 5.74) is 6.00. The minimum Gasteiger partial charge on any atom is -0.493 e. The van der Waals surface area contributed by atoms with Gasteiger partial charge in [0, 0.05) is 16.5 Å². The number of rotatable bonds is 6. The molecule has 0 atom stereocenters. The summed E-state index contributed by atoms with van der Waals surface area (Å²) in [6, 6.07) is 9.48. The third-order valence-electron chi connectivity index (χ3n) is 3.93. The number of benzene rings is 2. The molecule has 0 saturated heterocycles. The lowest BCUT2D eigenvalue weighted by atomic mass is 10.1. The van der Waals surface area contributed by atoms with Crippen LogP contribution in [0.25, 0.3) is 0 Å². The maximum atomic E-state index is 13.4. The predicted molar refractivity (Wildman–Crippen MR) is 113 cm³/mol. The standard InChI is InChI=1S/C19H15Cl2N3O4S/c1-27-15-6-4-11(8-16(15)28-2)24(19-23-14(9-29-19)17(22)25)18(26)12-5-3-10(20)7-13(12)21/h3-9H,1-2H3,(H2,22,25). The fourth-order valence-corrected chi connectivity index (χ4v) is 3.86. The van der Waals surface area contributed by atoms with Gasteiger partial charge in [-0.2, -0.15) is 0 Å². The molecule has 10 heteroatoms. The van der Waals surface area contributed by atoms with E-state index in [4.69, 9.17) is 38.4 Å². The summed E-state index contributed by atoms with van der Waals surface area (Å²) in [6.07, 6.45) is 0. The largest absolute Gasteiger partial charge is 0.493 e. The van der Waals surface area contributed by atoms with Crippen LogP contribution in [-0.4, -0.2) is 31.0 Å². The number of hydrogen-bond acceptors (Lipinski definition) is 6. The molecule has 0 fully saturated rings. The molecule has 2 aromatic carbocycles. The van der Waals surface area contributed by atoms with Gasteiger partial charge in [-0.05, 0) is 30.3 Å². The number of carbonyl (C=O) groups excluding carboxylic acids is 2. The molecular weight excluding hydrogens is 437 g/mol. The normalized spacial score (nSPS) is 10.5. The number of halogens is 2. The van der Waals surface area contributed by atoms with Crippen molar-refractivity contribution in [3.8, 4) is 11.5 Å². The van der Waals surface area contributed by atoms with E-state index in [-0.39, 0.29) is 21.4 Å². The Hall–Kier alpha value is -2.81. The first-order valence-electron chi connectivity index (χ1n) is 8.12. The van der Waals surface area contributed by atoms with Crippen LogP contribution in [0.4, 0.5) is 10.8 Å². The molecular formula is C19H15Cl2N3O4S. The summed E-state index contributed by atoms with van der Waals surface area (Å²) < 4.78 is 10.6. The number of aromatic nitrogens is 1. The van der Waals surface area contributed by atoms with Crippen molar-refractivity contribution in [2.45, 2.75) is 0 Å². The highest BCUT2D eigenvalue weighted by Crippen LogP contribution is 2.37. The molecule has 2 amide bonds. The number of ether oxygens (including phenoxy) is 2. The molecule has 0 saturated carbocycles. The zero-order valence-corrected chi connectivity index (χ0v) is 17.6. The second-order valence-corrected chi connectivity index (χ2v) is 7.36. The quantitative estimate of drug-likeness (QED) is 0.593. The number of hydrogen-bond donors (Lipinski definition) is 1. The molecule has 0 bridgehead atoms. The van der Waals surface area contributed by atoms with Gasteiger partial charge in [-0.15, -0.1) is 11.3 Å². The monoisotopic (exact) mass is 451 g/mol. The van der Waals surface area contributed by atoms with Gasteiger partial charge in [-0.3, -0.25) is 14.5 Å². The third-order valence-corrected chi connectivity index (χ3v) is 5.30.